The summed E-state index contributed by atoms with van der Waals surface area (Å²) in [5.74, 6) is -0.0786. The molecule has 0 saturated heterocycles. The third-order valence-corrected chi connectivity index (χ3v) is 3.81. The second-order valence-corrected chi connectivity index (χ2v) is 6.78. The Labute approximate surface area is 132 Å². The van der Waals surface area contributed by atoms with Gasteiger partial charge in [-0.25, -0.2) is 4.79 Å². The number of rotatable bonds is 6. The van der Waals surface area contributed by atoms with Crippen LogP contribution >= 0.6 is 11.6 Å². The molecule has 1 rings (SSSR count). The van der Waals surface area contributed by atoms with Gasteiger partial charge in [0.05, 0.1) is 0 Å². The van der Waals surface area contributed by atoms with Gasteiger partial charge in [-0.05, 0) is 46.5 Å². The number of carbonyl (C=O) groups is 2. The largest absolute Gasteiger partial charge is 0.444 e. The molecule has 0 bridgehead atoms. The lowest BCUT2D eigenvalue weighted by molar-refractivity contribution is -0.133. The van der Waals surface area contributed by atoms with Gasteiger partial charge in [-0.1, -0.05) is 6.92 Å². The number of nitrogens with zero attached hydrogens (tertiary/aromatic N) is 1. The Hall–Kier alpha value is -0.970. The molecule has 1 aliphatic carbocycles. The molecule has 122 valence electrons. The number of alkyl halides is 1. The fourth-order valence-electron chi connectivity index (χ4n) is 2.22. The van der Waals surface area contributed by atoms with E-state index in [0.29, 0.717) is 6.54 Å². The van der Waals surface area contributed by atoms with Gasteiger partial charge < -0.3 is 15.0 Å². The summed E-state index contributed by atoms with van der Waals surface area (Å²) in [6.45, 7) is 7.94. The monoisotopic (exact) mass is 318 g/mol. The zero-order valence-corrected chi connectivity index (χ0v) is 14.2. The Morgan fingerprint density at radius 3 is 2.38 bits per heavy atom. The van der Waals surface area contributed by atoms with Gasteiger partial charge in [-0.2, -0.15) is 0 Å². The lowest BCUT2D eigenvalue weighted by atomic mass is 9.91. The highest BCUT2D eigenvalue weighted by Crippen LogP contribution is 2.25. The van der Waals surface area contributed by atoms with Gasteiger partial charge >= 0.3 is 6.09 Å². The smallest absolute Gasteiger partial charge is 0.407 e. The van der Waals surface area contributed by atoms with Gasteiger partial charge in [0, 0.05) is 18.6 Å². The number of alkyl carbamates (subject to hydrolysis) is 1. The maximum Gasteiger partial charge on any atom is 0.407 e. The molecule has 1 aliphatic rings. The van der Waals surface area contributed by atoms with E-state index in [1.54, 1.807) is 0 Å². The van der Waals surface area contributed by atoms with Crippen LogP contribution in [0, 0.1) is 0 Å². The van der Waals surface area contributed by atoms with E-state index in [1.165, 1.54) is 0 Å². The molecule has 5 nitrogen and oxygen atoms in total. The zero-order valence-electron chi connectivity index (χ0n) is 13.4. The Kier molecular flexibility index (Phi) is 6.78. The number of ether oxygens (including phenoxy) is 1. The lowest BCUT2D eigenvalue weighted by Crippen LogP contribution is -2.52. The molecule has 6 heteroatoms. The minimum atomic E-state index is -0.526. The van der Waals surface area contributed by atoms with Crippen molar-refractivity contribution in [3.05, 3.63) is 0 Å². The van der Waals surface area contributed by atoms with E-state index in [1.807, 2.05) is 32.6 Å². The van der Waals surface area contributed by atoms with E-state index in [9.17, 15) is 9.59 Å². The fourth-order valence-corrected chi connectivity index (χ4v) is 2.37. The molecule has 0 aromatic carbocycles. The molecule has 0 aromatic rings. The van der Waals surface area contributed by atoms with Crippen molar-refractivity contribution in [1.82, 2.24) is 10.2 Å². The van der Waals surface area contributed by atoms with Gasteiger partial charge in [-0.3, -0.25) is 4.79 Å². The van der Waals surface area contributed by atoms with Crippen molar-refractivity contribution in [3.63, 3.8) is 0 Å². The standard InChI is InChI=1S/C15H27ClN2O3/c1-5-11(17-14(20)21-15(2,3)4)10-18(13(19)9-16)12-7-6-8-12/h11-12H,5-10H2,1-4H3,(H,17,20)/t11-/m0/s1. The first-order chi connectivity index (χ1) is 9.76. The Morgan fingerprint density at radius 2 is 2.00 bits per heavy atom. The molecule has 0 aromatic heterocycles. The number of hydrogen-bond acceptors (Lipinski definition) is 3. The topological polar surface area (TPSA) is 58.6 Å². The zero-order chi connectivity index (χ0) is 16.0. The highest BCUT2D eigenvalue weighted by Gasteiger charge is 2.30. The summed E-state index contributed by atoms with van der Waals surface area (Å²) in [5.41, 5.74) is -0.526. The summed E-state index contributed by atoms with van der Waals surface area (Å²) in [5, 5.41) is 2.84. The van der Waals surface area contributed by atoms with E-state index >= 15 is 0 Å². The van der Waals surface area contributed by atoms with Crippen LogP contribution in [0.5, 0.6) is 0 Å². The van der Waals surface area contributed by atoms with Crippen molar-refractivity contribution in [2.75, 3.05) is 12.4 Å². The van der Waals surface area contributed by atoms with Crippen LogP contribution in [0.4, 0.5) is 4.79 Å². The predicted molar refractivity (Wildman–Crippen MR) is 83.5 cm³/mol. The maximum absolute atomic E-state index is 12.0. The van der Waals surface area contributed by atoms with Crippen molar-refractivity contribution in [3.8, 4) is 0 Å². The molecule has 2 amide bonds. The van der Waals surface area contributed by atoms with Crippen LogP contribution in [0.3, 0.4) is 0 Å². The van der Waals surface area contributed by atoms with Crippen LogP contribution in [-0.4, -0.2) is 47.0 Å². The minimum absolute atomic E-state index is 0.0145. The van der Waals surface area contributed by atoms with Crippen molar-refractivity contribution in [2.24, 2.45) is 0 Å². The summed E-state index contributed by atoms with van der Waals surface area (Å²) in [6.07, 6.45) is 3.48. The van der Waals surface area contributed by atoms with Gasteiger partial charge in [0.1, 0.15) is 11.5 Å². The summed E-state index contributed by atoms with van der Waals surface area (Å²) in [7, 11) is 0. The van der Waals surface area contributed by atoms with Crippen LogP contribution in [-0.2, 0) is 9.53 Å². The van der Waals surface area contributed by atoms with Crippen molar-refractivity contribution >= 4 is 23.6 Å². The maximum atomic E-state index is 12.0. The Bertz CT molecular complexity index is 364. The van der Waals surface area contributed by atoms with Crippen LogP contribution in [0.1, 0.15) is 53.4 Å². The minimum Gasteiger partial charge on any atom is -0.444 e. The van der Waals surface area contributed by atoms with Gasteiger partial charge in [0.25, 0.3) is 0 Å². The second kappa shape index (κ2) is 7.87. The molecule has 0 aliphatic heterocycles. The molecule has 1 saturated carbocycles. The molecule has 1 fully saturated rings. The molecule has 1 N–H and O–H groups in total. The van der Waals surface area contributed by atoms with Crippen LogP contribution in [0.15, 0.2) is 0 Å². The summed E-state index contributed by atoms with van der Waals surface area (Å²) in [4.78, 5) is 25.6. The molecule has 1 atom stereocenters. The number of nitrogens with one attached hydrogen (secondary N) is 1. The summed E-state index contributed by atoms with van der Waals surface area (Å²) in [6, 6.07) is 0.151. The van der Waals surface area contributed by atoms with Gasteiger partial charge in [0.15, 0.2) is 0 Å². The molecule has 0 radical (unpaired) electrons. The van der Waals surface area contributed by atoms with Gasteiger partial charge in [0.2, 0.25) is 5.91 Å². The quantitative estimate of drug-likeness (QED) is 0.766. The van der Waals surface area contributed by atoms with E-state index in [-0.39, 0.29) is 23.9 Å². The second-order valence-electron chi connectivity index (χ2n) is 6.52. The normalized spacial score (nSPS) is 16.8. The number of carbonyl (C=O) groups excluding carboxylic acids is 2. The van der Waals surface area contributed by atoms with Crippen molar-refractivity contribution < 1.29 is 14.3 Å². The van der Waals surface area contributed by atoms with E-state index in [4.69, 9.17) is 16.3 Å². The molecule has 0 heterocycles. The first-order valence-corrected chi connectivity index (χ1v) is 8.15. The lowest BCUT2D eigenvalue weighted by Gasteiger charge is -2.39. The number of hydrogen-bond donors (Lipinski definition) is 1. The Balaban J connectivity index is 2.57. The molecular formula is C15H27ClN2O3. The number of halogens is 1. The van der Waals surface area contributed by atoms with E-state index in [0.717, 1.165) is 25.7 Å². The third-order valence-electron chi connectivity index (χ3n) is 3.58. The van der Waals surface area contributed by atoms with Crippen molar-refractivity contribution in [1.29, 1.82) is 0 Å². The highest BCUT2D eigenvalue weighted by molar-refractivity contribution is 6.27. The Morgan fingerprint density at radius 1 is 1.38 bits per heavy atom. The average molecular weight is 319 g/mol. The van der Waals surface area contributed by atoms with E-state index in [2.05, 4.69) is 5.32 Å². The molecule has 21 heavy (non-hydrogen) atoms. The molecular weight excluding hydrogens is 292 g/mol. The third kappa shape index (κ3) is 6.12. The SMILES string of the molecule is CC[C@@H](CN(C(=O)CCl)C1CCC1)NC(=O)OC(C)(C)C. The molecule has 0 unspecified atom stereocenters. The first-order valence-electron chi connectivity index (χ1n) is 7.61. The molecule has 0 spiro atoms. The first kappa shape index (κ1) is 18.1. The fraction of sp³-hybridized carbons (Fsp3) is 0.867. The average Bonchev–Trinajstić information content (AvgIpc) is 2.31. The van der Waals surface area contributed by atoms with E-state index < -0.39 is 11.7 Å². The van der Waals surface area contributed by atoms with Crippen LogP contribution < -0.4 is 5.32 Å². The van der Waals surface area contributed by atoms with Gasteiger partial charge in [-0.15, -0.1) is 11.6 Å². The van der Waals surface area contributed by atoms with Crippen LogP contribution in [0.2, 0.25) is 0 Å². The predicted octanol–water partition coefficient (Wildman–Crippen LogP) is 2.91. The summed E-state index contributed by atoms with van der Waals surface area (Å²) < 4.78 is 5.26. The highest BCUT2D eigenvalue weighted by atomic mass is 35.5. The van der Waals surface area contributed by atoms with Crippen molar-refractivity contribution in [2.45, 2.75) is 71.1 Å². The number of amides is 2. The summed E-state index contributed by atoms with van der Waals surface area (Å²) >= 11 is 5.69. The van der Waals surface area contributed by atoms with Crippen LogP contribution in [0.25, 0.3) is 0 Å².